The Morgan fingerprint density at radius 2 is 1.75 bits per heavy atom. The van der Waals surface area contributed by atoms with Gasteiger partial charge in [0, 0.05) is 25.7 Å². The molecule has 0 spiro atoms. The molecule has 0 aromatic heterocycles. The number of carbonyl (C=O) groups is 2. The number of nitrogens with one attached hydrogen (secondary N) is 1. The SMILES string of the molecule is CCN(CC)C1CCN(C(=O)C(=O)NCCC2CCN(C)CC2)C1. The van der Waals surface area contributed by atoms with Gasteiger partial charge >= 0.3 is 11.8 Å². The zero-order valence-electron chi connectivity index (χ0n) is 15.6. The second kappa shape index (κ2) is 9.37. The van der Waals surface area contributed by atoms with E-state index in [1.54, 1.807) is 4.90 Å². The first kappa shape index (κ1) is 19.2. The monoisotopic (exact) mass is 338 g/mol. The summed E-state index contributed by atoms with van der Waals surface area (Å²) in [7, 11) is 2.15. The molecular weight excluding hydrogens is 304 g/mol. The molecule has 1 unspecified atom stereocenters. The first-order valence-electron chi connectivity index (χ1n) is 9.54. The first-order chi connectivity index (χ1) is 11.5. The first-order valence-corrected chi connectivity index (χ1v) is 9.54. The maximum atomic E-state index is 12.3. The molecule has 0 aromatic carbocycles. The standard InChI is InChI=1S/C18H34N4O2/c1-4-21(5-2)16-9-13-22(14-16)18(24)17(23)19-10-6-15-7-11-20(3)12-8-15/h15-16H,4-14H2,1-3H3,(H,19,23). The molecule has 6 heteroatoms. The van der Waals surface area contributed by atoms with Crippen molar-refractivity contribution < 1.29 is 9.59 Å². The number of hydrogen-bond acceptors (Lipinski definition) is 4. The van der Waals surface area contributed by atoms with Crippen LogP contribution in [0.1, 0.15) is 39.5 Å². The van der Waals surface area contributed by atoms with Crippen LogP contribution in [0.2, 0.25) is 0 Å². The van der Waals surface area contributed by atoms with Crippen molar-refractivity contribution in [2.24, 2.45) is 5.92 Å². The molecule has 2 aliphatic heterocycles. The van der Waals surface area contributed by atoms with Crippen LogP contribution in [0, 0.1) is 5.92 Å². The zero-order chi connectivity index (χ0) is 17.5. The van der Waals surface area contributed by atoms with E-state index in [2.05, 4.69) is 36.0 Å². The smallest absolute Gasteiger partial charge is 0.311 e. The highest BCUT2D eigenvalue weighted by molar-refractivity contribution is 6.35. The molecular formula is C18H34N4O2. The fourth-order valence-electron chi connectivity index (χ4n) is 3.92. The lowest BCUT2D eigenvalue weighted by molar-refractivity contribution is -0.145. The van der Waals surface area contributed by atoms with E-state index in [9.17, 15) is 9.59 Å². The molecule has 138 valence electrons. The topological polar surface area (TPSA) is 55.9 Å². The molecule has 24 heavy (non-hydrogen) atoms. The maximum absolute atomic E-state index is 12.3. The third kappa shape index (κ3) is 5.18. The summed E-state index contributed by atoms with van der Waals surface area (Å²) < 4.78 is 0. The van der Waals surface area contributed by atoms with Crippen LogP contribution in [0.4, 0.5) is 0 Å². The summed E-state index contributed by atoms with van der Waals surface area (Å²) in [5, 5.41) is 2.83. The Kier molecular flexibility index (Phi) is 7.49. The molecule has 1 atom stereocenters. The molecule has 0 bridgehead atoms. The zero-order valence-corrected chi connectivity index (χ0v) is 15.6. The highest BCUT2D eigenvalue weighted by Crippen LogP contribution is 2.19. The summed E-state index contributed by atoms with van der Waals surface area (Å²) in [5.74, 6) is -0.105. The number of carbonyl (C=O) groups excluding carboxylic acids is 2. The van der Waals surface area contributed by atoms with Crippen molar-refractivity contribution in [2.75, 3.05) is 52.9 Å². The lowest BCUT2D eigenvalue weighted by atomic mass is 9.94. The van der Waals surface area contributed by atoms with Crippen LogP contribution in [0.5, 0.6) is 0 Å². The summed E-state index contributed by atoms with van der Waals surface area (Å²) in [6.07, 6.45) is 4.33. The van der Waals surface area contributed by atoms with Crippen molar-refractivity contribution in [3.63, 3.8) is 0 Å². The third-order valence-corrected chi connectivity index (χ3v) is 5.65. The highest BCUT2D eigenvalue weighted by atomic mass is 16.2. The number of hydrogen-bond donors (Lipinski definition) is 1. The Balaban J connectivity index is 1.68. The number of amides is 2. The molecule has 2 saturated heterocycles. The van der Waals surface area contributed by atoms with Crippen molar-refractivity contribution >= 4 is 11.8 Å². The van der Waals surface area contributed by atoms with Gasteiger partial charge in [0.1, 0.15) is 0 Å². The average molecular weight is 338 g/mol. The summed E-state index contributed by atoms with van der Waals surface area (Å²) in [6.45, 7) is 10.5. The Labute approximate surface area is 146 Å². The van der Waals surface area contributed by atoms with Gasteiger partial charge in [-0.3, -0.25) is 14.5 Å². The molecule has 0 saturated carbocycles. The quantitative estimate of drug-likeness (QED) is 0.727. The molecule has 0 radical (unpaired) electrons. The Bertz CT molecular complexity index is 417. The molecule has 1 N–H and O–H groups in total. The number of rotatable bonds is 6. The summed E-state index contributed by atoms with van der Waals surface area (Å²) in [4.78, 5) is 30.8. The van der Waals surface area contributed by atoms with Crippen LogP contribution in [0.3, 0.4) is 0 Å². The minimum atomic E-state index is -0.428. The number of nitrogens with zero attached hydrogens (tertiary/aromatic N) is 3. The van der Waals surface area contributed by atoms with Crippen molar-refractivity contribution in [3.05, 3.63) is 0 Å². The normalized spacial score (nSPS) is 23.0. The lowest BCUT2D eigenvalue weighted by Gasteiger charge is -2.29. The molecule has 2 fully saturated rings. The van der Waals surface area contributed by atoms with Gasteiger partial charge in [-0.25, -0.2) is 0 Å². The average Bonchev–Trinajstić information content (AvgIpc) is 3.07. The molecule has 2 rings (SSSR count). The van der Waals surface area contributed by atoms with Gasteiger partial charge in [0.2, 0.25) is 0 Å². The summed E-state index contributed by atoms with van der Waals surface area (Å²) in [5.41, 5.74) is 0. The van der Waals surface area contributed by atoms with E-state index < -0.39 is 5.91 Å². The predicted molar refractivity (Wildman–Crippen MR) is 95.8 cm³/mol. The van der Waals surface area contributed by atoms with E-state index in [0.717, 1.165) is 39.0 Å². The van der Waals surface area contributed by atoms with Crippen LogP contribution in [-0.2, 0) is 9.59 Å². The van der Waals surface area contributed by atoms with Crippen LogP contribution in [-0.4, -0.2) is 85.4 Å². The summed E-state index contributed by atoms with van der Waals surface area (Å²) in [6, 6.07) is 0.399. The second-order valence-corrected chi connectivity index (χ2v) is 7.21. The van der Waals surface area contributed by atoms with E-state index in [0.29, 0.717) is 31.6 Å². The van der Waals surface area contributed by atoms with E-state index in [1.807, 2.05) is 0 Å². The van der Waals surface area contributed by atoms with E-state index in [4.69, 9.17) is 0 Å². The summed E-state index contributed by atoms with van der Waals surface area (Å²) >= 11 is 0. The van der Waals surface area contributed by atoms with Gasteiger partial charge in [-0.15, -0.1) is 0 Å². The Morgan fingerprint density at radius 3 is 2.38 bits per heavy atom. The van der Waals surface area contributed by atoms with Crippen molar-refractivity contribution in [3.8, 4) is 0 Å². The second-order valence-electron chi connectivity index (χ2n) is 7.21. The fourth-order valence-corrected chi connectivity index (χ4v) is 3.92. The molecule has 0 aliphatic carbocycles. The van der Waals surface area contributed by atoms with Gasteiger partial charge < -0.3 is 15.1 Å². The van der Waals surface area contributed by atoms with E-state index >= 15 is 0 Å². The molecule has 0 aromatic rings. The van der Waals surface area contributed by atoms with Crippen molar-refractivity contribution in [1.82, 2.24) is 20.0 Å². The molecule has 2 aliphatic rings. The van der Waals surface area contributed by atoms with Gasteiger partial charge in [-0.2, -0.15) is 0 Å². The van der Waals surface area contributed by atoms with Crippen LogP contribution >= 0.6 is 0 Å². The number of piperidine rings is 1. The largest absolute Gasteiger partial charge is 0.348 e. The molecule has 6 nitrogen and oxygen atoms in total. The van der Waals surface area contributed by atoms with Crippen molar-refractivity contribution in [2.45, 2.75) is 45.6 Å². The highest BCUT2D eigenvalue weighted by Gasteiger charge is 2.32. The van der Waals surface area contributed by atoms with Gasteiger partial charge in [0.15, 0.2) is 0 Å². The van der Waals surface area contributed by atoms with Crippen LogP contribution < -0.4 is 5.32 Å². The van der Waals surface area contributed by atoms with E-state index in [-0.39, 0.29) is 5.91 Å². The maximum Gasteiger partial charge on any atom is 0.311 e. The van der Waals surface area contributed by atoms with Gasteiger partial charge in [-0.1, -0.05) is 13.8 Å². The van der Waals surface area contributed by atoms with E-state index in [1.165, 1.54) is 12.8 Å². The van der Waals surface area contributed by atoms with Crippen LogP contribution in [0.15, 0.2) is 0 Å². The van der Waals surface area contributed by atoms with Gasteiger partial charge in [-0.05, 0) is 64.8 Å². The number of likely N-dealkylation sites (tertiary alicyclic amines) is 2. The lowest BCUT2D eigenvalue weighted by Crippen LogP contribution is -2.44. The predicted octanol–water partition coefficient (Wildman–Crippen LogP) is 0.777. The Hall–Kier alpha value is -1.14. The van der Waals surface area contributed by atoms with Crippen molar-refractivity contribution in [1.29, 1.82) is 0 Å². The Morgan fingerprint density at radius 1 is 1.08 bits per heavy atom. The third-order valence-electron chi connectivity index (χ3n) is 5.65. The van der Waals surface area contributed by atoms with Gasteiger partial charge in [0.25, 0.3) is 0 Å². The molecule has 2 amide bonds. The number of likely N-dealkylation sites (N-methyl/N-ethyl adjacent to an activating group) is 1. The minimum absolute atomic E-state index is 0.354. The fraction of sp³-hybridized carbons (Fsp3) is 0.889. The molecule has 2 heterocycles. The van der Waals surface area contributed by atoms with Gasteiger partial charge in [0.05, 0.1) is 0 Å². The van der Waals surface area contributed by atoms with Crippen LogP contribution in [0.25, 0.3) is 0 Å². The minimum Gasteiger partial charge on any atom is -0.348 e.